The maximum atomic E-state index is 13.1. The van der Waals surface area contributed by atoms with Gasteiger partial charge < -0.3 is 9.47 Å². The van der Waals surface area contributed by atoms with E-state index in [1.54, 1.807) is 4.90 Å². The van der Waals surface area contributed by atoms with E-state index in [0.29, 0.717) is 19.6 Å². The number of carbonyl (C=O) groups is 1. The van der Waals surface area contributed by atoms with Crippen molar-refractivity contribution in [3.8, 4) is 0 Å². The molecule has 1 saturated heterocycles. The molecule has 0 N–H and O–H groups in total. The SMILES string of the molecule is CC1c2cccn2CCN1CC(=O)N1CCN(S(=O)(=O)c2ccc(F)cc2)CC1. The minimum atomic E-state index is -3.68. The van der Waals surface area contributed by atoms with Crippen LogP contribution in [0.15, 0.2) is 47.5 Å². The second-order valence-electron chi connectivity index (χ2n) is 7.51. The predicted octanol–water partition coefficient (Wildman–Crippen LogP) is 1.54. The van der Waals surface area contributed by atoms with Crippen LogP contribution in [0.2, 0.25) is 0 Å². The fraction of sp³-hybridized carbons (Fsp3) is 0.450. The molecule has 0 spiro atoms. The van der Waals surface area contributed by atoms with Crippen molar-refractivity contribution >= 4 is 15.9 Å². The molecule has 0 saturated carbocycles. The minimum Gasteiger partial charge on any atom is -0.349 e. The lowest BCUT2D eigenvalue weighted by molar-refractivity contribution is -0.134. The van der Waals surface area contributed by atoms with Gasteiger partial charge in [-0.15, -0.1) is 0 Å². The van der Waals surface area contributed by atoms with E-state index in [0.717, 1.165) is 25.2 Å². The lowest BCUT2D eigenvalue weighted by Crippen LogP contribution is -2.53. The number of carbonyl (C=O) groups excluding carboxylic acids is 1. The van der Waals surface area contributed by atoms with Crippen LogP contribution in [0.1, 0.15) is 18.7 Å². The first kappa shape index (κ1) is 20.1. The summed E-state index contributed by atoms with van der Waals surface area (Å²) in [6, 6.07) is 9.11. The summed E-state index contributed by atoms with van der Waals surface area (Å²) >= 11 is 0. The Bertz CT molecular complexity index is 981. The van der Waals surface area contributed by atoms with E-state index in [4.69, 9.17) is 0 Å². The van der Waals surface area contributed by atoms with E-state index in [9.17, 15) is 17.6 Å². The molecule has 1 aromatic heterocycles. The van der Waals surface area contributed by atoms with Crippen molar-refractivity contribution in [1.82, 2.24) is 18.7 Å². The van der Waals surface area contributed by atoms with Gasteiger partial charge in [0.15, 0.2) is 0 Å². The van der Waals surface area contributed by atoms with Gasteiger partial charge in [-0.1, -0.05) is 0 Å². The molecule has 156 valence electrons. The molecule has 1 amide bonds. The number of benzene rings is 1. The highest BCUT2D eigenvalue weighted by atomic mass is 32.2. The van der Waals surface area contributed by atoms with Gasteiger partial charge in [0.1, 0.15) is 5.82 Å². The molecule has 9 heteroatoms. The van der Waals surface area contributed by atoms with Gasteiger partial charge in [0, 0.05) is 57.2 Å². The third-order valence-corrected chi connectivity index (χ3v) is 7.76. The summed E-state index contributed by atoms with van der Waals surface area (Å²) in [6.45, 7) is 5.31. The molecule has 0 aliphatic carbocycles. The average Bonchev–Trinajstić information content (AvgIpc) is 3.20. The Labute approximate surface area is 170 Å². The molecular weight excluding hydrogens is 395 g/mol. The zero-order valence-corrected chi connectivity index (χ0v) is 17.2. The van der Waals surface area contributed by atoms with Crippen molar-refractivity contribution in [1.29, 1.82) is 0 Å². The molecular formula is C20H25FN4O3S. The number of hydrogen-bond acceptors (Lipinski definition) is 4. The Hall–Kier alpha value is -2.23. The molecule has 1 aromatic carbocycles. The van der Waals surface area contributed by atoms with E-state index < -0.39 is 15.8 Å². The van der Waals surface area contributed by atoms with Crippen LogP contribution < -0.4 is 0 Å². The zero-order chi connectivity index (χ0) is 20.6. The normalized spacial score (nSPS) is 21.2. The van der Waals surface area contributed by atoms with Crippen LogP contribution in [0.4, 0.5) is 4.39 Å². The quantitative estimate of drug-likeness (QED) is 0.753. The summed E-state index contributed by atoms with van der Waals surface area (Å²) in [7, 11) is -3.68. The van der Waals surface area contributed by atoms with Crippen LogP contribution in [0.5, 0.6) is 0 Å². The van der Waals surface area contributed by atoms with Gasteiger partial charge in [-0.25, -0.2) is 12.8 Å². The number of hydrogen-bond donors (Lipinski definition) is 0. The smallest absolute Gasteiger partial charge is 0.243 e. The lowest BCUT2D eigenvalue weighted by atomic mass is 10.1. The maximum absolute atomic E-state index is 13.1. The van der Waals surface area contributed by atoms with Crippen molar-refractivity contribution < 1.29 is 17.6 Å². The van der Waals surface area contributed by atoms with Crippen LogP contribution >= 0.6 is 0 Å². The van der Waals surface area contributed by atoms with Crippen molar-refractivity contribution in [3.05, 3.63) is 54.1 Å². The Morgan fingerprint density at radius 2 is 1.72 bits per heavy atom. The number of rotatable bonds is 4. The topological polar surface area (TPSA) is 65.9 Å². The Balaban J connectivity index is 1.35. The van der Waals surface area contributed by atoms with E-state index in [1.165, 1.54) is 22.1 Å². The second kappa shape index (κ2) is 7.89. The molecule has 4 rings (SSSR count). The summed E-state index contributed by atoms with van der Waals surface area (Å²) in [5, 5.41) is 0. The van der Waals surface area contributed by atoms with Crippen molar-refractivity contribution in [2.24, 2.45) is 0 Å². The fourth-order valence-electron chi connectivity index (χ4n) is 4.05. The van der Waals surface area contributed by atoms with Gasteiger partial charge in [-0.3, -0.25) is 9.69 Å². The lowest BCUT2D eigenvalue weighted by Gasteiger charge is -2.38. The first-order valence-electron chi connectivity index (χ1n) is 9.79. The molecule has 29 heavy (non-hydrogen) atoms. The Morgan fingerprint density at radius 3 is 2.41 bits per heavy atom. The number of fused-ring (bicyclic) bond motifs is 1. The minimum absolute atomic E-state index is 0.0238. The highest BCUT2D eigenvalue weighted by molar-refractivity contribution is 7.89. The third-order valence-electron chi connectivity index (χ3n) is 5.85. The monoisotopic (exact) mass is 420 g/mol. The molecule has 2 aliphatic rings. The first-order chi connectivity index (χ1) is 13.9. The molecule has 1 fully saturated rings. The Morgan fingerprint density at radius 1 is 1.03 bits per heavy atom. The van der Waals surface area contributed by atoms with Gasteiger partial charge in [0.05, 0.1) is 11.4 Å². The summed E-state index contributed by atoms with van der Waals surface area (Å²) in [5.41, 5.74) is 1.21. The number of halogens is 1. The number of piperazine rings is 1. The van der Waals surface area contributed by atoms with Gasteiger partial charge in [-0.2, -0.15) is 4.31 Å². The van der Waals surface area contributed by atoms with Crippen LogP contribution in [-0.2, 0) is 21.4 Å². The maximum Gasteiger partial charge on any atom is 0.243 e. The predicted molar refractivity (Wildman–Crippen MR) is 106 cm³/mol. The zero-order valence-electron chi connectivity index (χ0n) is 16.4. The second-order valence-corrected chi connectivity index (χ2v) is 9.45. The molecule has 2 aliphatic heterocycles. The first-order valence-corrected chi connectivity index (χ1v) is 11.2. The molecule has 1 atom stereocenters. The van der Waals surface area contributed by atoms with E-state index >= 15 is 0 Å². The number of aromatic nitrogens is 1. The summed E-state index contributed by atoms with van der Waals surface area (Å²) in [6.07, 6.45) is 2.06. The van der Waals surface area contributed by atoms with Gasteiger partial charge >= 0.3 is 0 Å². The summed E-state index contributed by atoms with van der Waals surface area (Å²) in [4.78, 5) is 16.8. The molecule has 3 heterocycles. The van der Waals surface area contributed by atoms with E-state index in [1.807, 2.05) is 6.07 Å². The van der Waals surface area contributed by atoms with E-state index in [2.05, 4.69) is 28.7 Å². The summed E-state index contributed by atoms with van der Waals surface area (Å²) in [5.74, 6) is -0.450. The highest BCUT2D eigenvalue weighted by Crippen LogP contribution is 2.25. The van der Waals surface area contributed by atoms with Crippen molar-refractivity contribution in [2.75, 3.05) is 39.3 Å². The van der Waals surface area contributed by atoms with Crippen LogP contribution in [0.3, 0.4) is 0 Å². The fourth-order valence-corrected chi connectivity index (χ4v) is 5.47. The highest BCUT2D eigenvalue weighted by Gasteiger charge is 2.32. The van der Waals surface area contributed by atoms with Crippen molar-refractivity contribution in [3.63, 3.8) is 0 Å². The molecule has 7 nitrogen and oxygen atoms in total. The van der Waals surface area contributed by atoms with Gasteiger partial charge in [0.2, 0.25) is 15.9 Å². The molecule has 0 radical (unpaired) electrons. The molecule has 1 unspecified atom stereocenters. The standard InChI is InChI=1S/C20H25FN4O3S/c1-16-19-3-2-8-22(19)9-10-24(16)15-20(26)23-11-13-25(14-12-23)29(27,28)18-6-4-17(21)5-7-18/h2-8,16H,9-15H2,1H3. The number of sulfonamides is 1. The molecule has 0 bridgehead atoms. The Kier molecular flexibility index (Phi) is 5.46. The van der Waals surface area contributed by atoms with Crippen LogP contribution in [0, 0.1) is 5.82 Å². The van der Waals surface area contributed by atoms with Gasteiger partial charge in [0.25, 0.3) is 0 Å². The van der Waals surface area contributed by atoms with E-state index in [-0.39, 0.29) is 29.9 Å². The third kappa shape index (κ3) is 3.94. The largest absolute Gasteiger partial charge is 0.349 e. The average molecular weight is 421 g/mol. The van der Waals surface area contributed by atoms with Crippen LogP contribution in [-0.4, -0.2) is 72.3 Å². The van der Waals surface area contributed by atoms with Crippen molar-refractivity contribution in [2.45, 2.75) is 24.4 Å². The van der Waals surface area contributed by atoms with Crippen LogP contribution in [0.25, 0.3) is 0 Å². The summed E-state index contributed by atoms with van der Waals surface area (Å²) < 4.78 is 42.1. The number of amides is 1. The van der Waals surface area contributed by atoms with Gasteiger partial charge in [-0.05, 0) is 43.3 Å². The molecule has 2 aromatic rings. The number of nitrogens with zero attached hydrogens (tertiary/aromatic N) is 4.